The number of hydrogen-bond acceptors (Lipinski definition) is 3. The molecule has 1 heterocycles. The summed E-state index contributed by atoms with van der Waals surface area (Å²) in [6.45, 7) is 7.00. The summed E-state index contributed by atoms with van der Waals surface area (Å²) in [6.07, 6.45) is 7.06. The van der Waals surface area contributed by atoms with E-state index < -0.39 is 0 Å². The Morgan fingerprint density at radius 3 is 2.71 bits per heavy atom. The van der Waals surface area contributed by atoms with E-state index in [4.69, 9.17) is 10.7 Å². The fourth-order valence-corrected chi connectivity index (χ4v) is 3.56. The predicted octanol–water partition coefficient (Wildman–Crippen LogP) is 3.28. The maximum Gasteiger partial charge on any atom is 0.188 e. The molecule has 1 aliphatic carbocycles. The lowest BCUT2D eigenvalue weighted by Gasteiger charge is -2.20. The molecule has 1 aromatic rings. The number of aryl methyl sites for hydroxylation is 3. The molecule has 0 spiro atoms. The zero-order valence-electron chi connectivity index (χ0n) is 13.2. The van der Waals surface area contributed by atoms with Gasteiger partial charge in [-0.05, 0) is 52.9 Å². The van der Waals surface area contributed by atoms with E-state index in [0.29, 0.717) is 5.96 Å². The van der Waals surface area contributed by atoms with E-state index in [0.717, 1.165) is 19.4 Å². The van der Waals surface area contributed by atoms with Crippen LogP contribution in [0.2, 0.25) is 0 Å². The van der Waals surface area contributed by atoms with Crippen LogP contribution in [0.25, 0.3) is 0 Å². The normalized spacial score (nSPS) is 15.3. The van der Waals surface area contributed by atoms with Gasteiger partial charge in [0.05, 0.1) is 10.7 Å². The topological polar surface area (TPSA) is 63.3 Å². The van der Waals surface area contributed by atoms with Gasteiger partial charge in [0.25, 0.3) is 0 Å². The van der Waals surface area contributed by atoms with Gasteiger partial charge < -0.3 is 11.1 Å². The molecule has 0 aliphatic heterocycles. The Hall–Kier alpha value is -0.370. The first-order valence-corrected chi connectivity index (χ1v) is 8.31. The van der Waals surface area contributed by atoms with E-state index in [1.54, 1.807) is 0 Å². The molecule has 1 aromatic heterocycles. The van der Waals surface area contributed by atoms with E-state index in [1.165, 1.54) is 41.3 Å². The molecular weight excluding hydrogens is 395 g/mol. The van der Waals surface area contributed by atoms with Crippen molar-refractivity contribution < 1.29 is 0 Å². The summed E-state index contributed by atoms with van der Waals surface area (Å²) >= 11 is 1.90. The smallest absolute Gasteiger partial charge is 0.188 e. The highest BCUT2D eigenvalue weighted by Gasteiger charge is 2.14. The number of nitrogens with zero attached hydrogens (tertiary/aromatic N) is 2. The second-order valence-corrected chi connectivity index (χ2v) is 7.60. The van der Waals surface area contributed by atoms with Crippen molar-refractivity contribution in [2.45, 2.75) is 64.8 Å². The standard InChI is InChI=1S/C15H26N4S.HI/c1-15(2,3)19-14(16)17-10-6-9-13-18-11-7-4-5-8-12(11)20-13;/h4-10H2,1-3H3,(H3,16,17,19);1H. The van der Waals surface area contributed by atoms with Crippen molar-refractivity contribution in [3.8, 4) is 0 Å². The number of nitrogens with one attached hydrogen (secondary N) is 1. The summed E-state index contributed by atoms with van der Waals surface area (Å²) in [5, 5.41) is 4.44. The minimum absolute atomic E-state index is 0. The molecule has 2 rings (SSSR count). The fourth-order valence-electron chi connectivity index (χ4n) is 2.37. The average molecular weight is 422 g/mol. The third-order valence-electron chi connectivity index (χ3n) is 3.22. The summed E-state index contributed by atoms with van der Waals surface area (Å²) in [5.74, 6) is 0.538. The lowest BCUT2D eigenvalue weighted by molar-refractivity contribution is 0.508. The maximum atomic E-state index is 5.84. The van der Waals surface area contributed by atoms with E-state index >= 15 is 0 Å². The molecule has 6 heteroatoms. The monoisotopic (exact) mass is 422 g/mol. The molecule has 120 valence electrons. The summed E-state index contributed by atoms with van der Waals surface area (Å²) in [4.78, 5) is 10.6. The molecule has 1 aliphatic rings. The number of hydrogen-bond donors (Lipinski definition) is 2. The summed E-state index contributed by atoms with van der Waals surface area (Å²) in [6, 6.07) is 0. The molecule has 3 N–H and O–H groups in total. The van der Waals surface area contributed by atoms with Crippen LogP contribution in [-0.4, -0.2) is 23.0 Å². The van der Waals surface area contributed by atoms with Gasteiger partial charge in [-0.15, -0.1) is 35.3 Å². The van der Waals surface area contributed by atoms with Crippen LogP contribution in [0.3, 0.4) is 0 Å². The van der Waals surface area contributed by atoms with Gasteiger partial charge in [-0.3, -0.25) is 4.99 Å². The molecule has 21 heavy (non-hydrogen) atoms. The number of guanidine groups is 1. The van der Waals surface area contributed by atoms with Crippen molar-refractivity contribution in [1.82, 2.24) is 10.3 Å². The zero-order valence-corrected chi connectivity index (χ0v) is 16.4. The van der Waals surface area contributed by atoms with E-state index in [1.807, 2.05) is 11.3 Å². The largest absolute Gasteiger partial charge is 0.370 e. The van der Waals surface area contributed by atoms with Gasteiger partial charge in [-0.1, -0.05) is 0 Å². The average Bonchev–Trinajstić information content (AvgIpc) is 2.75. The molecule has 0 saturated carbocycles. The molecule has 0 unspecified atom stereocenters. The first kappa shape index (κ1) is 18.7. The molecule has 0 fully saturated rings. The number of aromatic nitrogens is 1. The molecule has 0 bridgehead atoms. The third-order valence-corrected chi connectivity index (χ3v) is 4.44. The minimum atomic E-state index is -0.0258. The van der Waals surface area contributed by atoms with Crippen molar-refractivity contribution in [2.75, 3.05) is 6.54 Å². The lowest BCUT2D eigenvalue weighted by atomic mass is 10.0. The fraction of sp³-hybridized carbons (Fsp3) is 0.733. The Labute approximate surface area is 149 Å². The molecule has 0 atom stereocenters. The Balaban J connectivity index is 0.00000220. The van der Waals surface area contributed by atoms with Gasteiger partial charge in [0.1, 0.15) is 0 Å². The van der Waals surface area contributed by atoms with Crippen LogP contribution in [-0.2, 0) is 19.3 Å². The Morgan fingerprint density at radius 1 is 1.33 bits per heavy atom. The van der Waals surface area contributed by atoms with E-state index in [-0.39, 0.29) is 29.5 Å². The maximum absolute atomic E-state index is 5.84. The number of thiazole rings is 1. The number of aliphatic imine (C=N–C) groups is 1. The molecule has 0 aromatic carbocycles. The Bertz CT molecular complexity index is 453. The van der Waals surface area contributed by atoms with Crippen LogP contribution in [0.5, 0.6) is 0 Å². The van der Waals surface area contributed by atoms with Gasteiger partial charge in [0.2, 0.25) is 0 Å². The minimum Gasteiger partial charge on any atom is -0.370 e. The van der Waals surface area contributed by atoms with Gasteiger partial charge in [-0.25, -0.2) is 4.98 Å². The lowest BCUT2D eigenvalue weighted by Crippen LogP contribution is -2.45. The second-order valence-electron chi connectivity index (χ2n) is 6.43. The molecule has 0 amide bonds. The van der Waals surface area contributed by atoms with Crippen LogP contribution in [0.4, 0.5) is 0 Å². The van der Waals surface area contributed by atoms with Crippen molar-refractivity contribution in [3.63, 3.8) is 0 Å². The van der Waals surface area contributed by atoms with Crippen LogP contribution in [0.15, 0.2) is 4.99 Å². The number of rotatable bonds is 4. The Morgan fingerprint density at radius 2 is 2.05 bits per heavy atom. The van der Waals surface area contributed by atoms with Crippen LogP contribution in [0, 0.1) is 0 Å². The van der Waals surface area contributed by atoms with Gasteiger partial charge in [0.15, 0.2) is 5.96 Å². The van der Waals surface area contributed by atoms with E-state index in [2.05, 4.69) is 31.1 Å². The summed E-state index contributed by atoms with van der Waals surface area (Å²) < 4.78 is 0. The summed E-state index contributed by atoms with van der Waals surface area (Å²) in [5.41, 5.74) is 7.17. The first-order chi connectivity index (χ1) is 9.44. The quantitative estimate of drug-likeness (QED) is 0.339. The SMILES string of the molecule is CC(C)(C)NC(N)=NCCCc1nc2c(s1)CCCC2.I. The first-order valence-electron chi connectivity index (χ1n) is 7.49. The number of halogens is 1. The van der Waals surface area contributed by atoms with Gasteiger partial charge >= 0.3 is 0 Å². The van der Waals surface area contributed by atoms with Crippen LogP contribution < -0.4 is 11.1 Å². The van der Waals surface area contributed by atoms with Crippen molar-refractivity contribution in [2.24, 2.45) is 10.7 Å². The number of nitrogens with two attached hydrogens (primary N) is 1. The molecule has 0 radical (unpaired) electrons. The summed E-state index contributed by atoms with van der Waals surface area (Å²) in [7, 11) is 0. The second kappa shape index (κ2) is 8.31. The van der Waals surface area contributed by atoms with Crippen LogP contribution in [0.1, 0.15) is 55.6 Å². The zero-order chi connectivity index (χ0) is 14.6. The van der Waals surface area contributed by atoms with E-state index in [9.17, 15) is 0 Å². The third kappa shape index (κ3) is 6.50. The predicted molar refractivity (Wildman–Crippen MR) is 102 cm³/mol. The van der Waals surface area contributed by atoms with Crippen LogP contribution >= 0.6 is 35.3 Å². The van der Waals surface area contributed by atoms with Crippen molar-refractivity contribution >= 4 is 41.3 Å². The molecule has 4 nitrogen and oxygen atoms in total. The molecular formula is C15H27IN4S. The van der Waals surface area contributed by atoms with Gasteiger partial charge in [-0.2, -0.15) is 0 Å². The highest BCUT2D eigenvalue weighted by molar-refractivity contribution is 14.0. The van der Waals surface area contributed by atoms with Crippen molar-refractivity contribution in [3.05, 3.63) is 15.6 Å². The molecule has 0 saturated heterocycles. The number of fused-ring (bicyclic) bond motifs is 1. The van der Waals surface area contributed by atoms with Crippen molar-refractivity contribution in [1.29, 1.82) is 0 Å². The highest BCUT2D eigenvalue weighted by Crippen LogP contribution is 2.27. The van der Waals surface area contributed by atoms with Gasteiger partial charge in [0, 0.05) is 23.4 Å². The Kier molecular flexibility index (Phi) is 7.39. The highest BCUT2D eigenvalue weighted by atomic mass is 127.